The van der Waals surface area contributed by atoms with Crippen LogP contribution in [-0.2, 0) is 4.79 Å². The van der Waals surface area contributed by atoms with Gasteiger partial charge >= 0.3 is 0 Å². The Morgan fingerprint density at radius 1 is 1.21 bits per heavy atom. The predicted molar refractivity (Wildman–Crippen MR) is 97.7 cm³/mol. The number of carbonyl (C=O) groups is 1. The summed E-state index contributed by atoms with van der Waals surface area (Å²) >= 11 is 3.35. The number of nitrogens with one attached hydrogen (secondary N) is 1. The fourth-order valence-corrected chi connectivity index (χ4v) is 2.82. The zero-order chi connectivity index (χ0) is 17.7. The molecule has 0 atom stereocenters. The van der Waals surface area contributed by atoms with Crippen LogP contribution in [-0.4, -0.2) is 23.8 Å². The molecule has 1 amide bonds. The van der Waals surface area contributed by atoms with Crippen LogP contribution in [0.15, 0.2) is 39.9 Å². The number of amides is 1. The third-order valence-electron chi connectivity index (χ3n) is 3.25. The van der Waals surface area contributed by atoms with Gasteiger partial charge in [-0.3, -0.25) is 4.79 Å². The number of phenols is 1. The number of nitrogens with zero attached hydrogens (tertiary/aromatic N) is 1. The van der Waals surface area contributed by atoms with E-state index < -0.39 is 0 Å². The molecular formula is C18H19BrN2O3. The van der Waals surface area contributed by atoms with Gasteiger partial charge in [0, 0.05) is 10.0 Å². The predicted octanol–water partition coefficient (Wildman–Crippen LogP) is 3.61. The second-order valence-electron chi connectivity index (χ2n) is 5.57. The molecule has 0 unspecified atom stereocenters. The van der Waals surface area contributed by atoms with Gasteiger partial charge in [0.05, 0.1) is 6.21 Å². The summed E-state index contributed by atoms with van der Waals surface area (Å²) in [4.78, 5) is 11.8. The molecule has 0 aliphatic rings. The molecule has 0 aliphatic carbocycles. The second kappa shape index (κ2) is 7.97. The SMILES string of the molecule is Cc1cc(C)cc(OCC(=O)N/N=C/c2cc(Br)cc(C)c2O)c1. The zero-order valence-corrected chi connectivity index (χ0v) is 15.3. The number of hydrogen-bond acceptors (Lipinski definition) is 4. The van der Waals surface area contributed by atoms with E-state index in [0.717, 1.165) is 21.2 Å². The number of benzene rings is 2. The molecule has 2 N–H and O–H groups in total. The maximum Gasteiger partial charge on any atom is 0.277 e. The number of hydrogen-bond donors (Lipinski definition) is 2. The summed E-state index contributed by atoms with van der Waals surface area (Å²) in [6.45, 7) is 5.59. The highest BCUT2D eigenvalue weighted by Gasteiger charge is 2.05. The third kappa shape index (κ3) is 5.09. The van der Waals surface area contributed by atoms with Gasteiger partial charge in [-0.2, -0.15) is 5.10 Å². The Labute approximate surface area is 149 Å². The molecule has 0 aliphatic heterocycles. The highest BCUT2D eigenvalue weighted by molar-refractivity contribution is 9.10. The van der Waals surface area contributed by atoms with E-state index in [1.54, 1.807) is 19.1 Å². The van der Waals surface area contributed by atoms with E-state index in [9.17, 15) is 9.90 Å². The topological polar surface area (TPSA) is 70.9 Å². The summed E-state index contributed by atoms with van der Waals surface area (Å²) in [7, 11) is 0. The van der Waals surface area contributed by atoms with Gasteiger partial charge in [-0.15, -0.1) is 0 Å². The van der Waals surface area contributed by atoms with Crippen molar-refractivity contribution in [2.24, 2.45) is 5.10 Å². The fraction of sp³-hybridized carbons (Fsp3) is 0.222. The molecule has 2 rings (SSSR count). The quantitative estimate of drug-likeness (QED) is 0.604. The van der Waals surface area contributed by atoms with Gasteiger partial charge in [-0.1, -0.05) is 22.0 Å². The minimum atomic E-state index is -0.378. The van der Waals surface area contributed by atoms with E-state index in [1.807, 2.05) is 32.0 Å². The van der Waals surface area contributed by atoms with Crippen molar-refractivity contribution in [3.8, 4) is 11.5 Å². The molecule has 0 fully saturated rings. The Balaban J connectivity index is 1.91. The van der Waals surface area contributed by atoms with Crippen LogP contribution in [0.3, 0.4) is 0 Å². The van der Waals surface area contributed by atoms with Crippen LogP contribution >= 0.6 is 15.9 Å². The molecule has 0 radical (unpaired) electrons. The Hall–Kier alpha value is -2.34. The molecule has 0 aromatic heterocycles. The number of ether oxygens (including phenoxy) is 1. The number of aryl methyl sites for hydroxylation is 3. The van der Waals surface area contributed by atoms with Crippen molar-refractivity contribution in [1.29, 1.82) is 0 Å². The van der Waals surface area contributed by atoms with E-state index in [4.69, 9.17) is 4.74 Å². The first-order valence-corrected chi connectivity index (χ1v) is 8.16. The lowest BCUT2D eigenvalue weighted by Gasteiger charge is -2.07. The van der Waals surface area contributed by atoms with Crippen LogP contribution in [0.5, 0.6) is 11.5 Å². The van der Waals surface area contributed by atoms with Crippen molar-refractivity contribution >= 4 is 28.1 Å². The summed E-state index contributed by atoms with van der Waals surface area (Å²) in [5, 5.41) is 13.8. The molecule has 6 heteroatoms. The lowest BCUT2D eigenvalue weighted by atomic mass is 10.1. The first kappa shape index (κ1) is 18.0. The number of aromatic hydroxyl groups is 1. The van der Waals surface area contributed by atoms with E-state index in [0.29, 0.717) is 11.3 Å². The lowest BCUT2D eigenvalue weighted by Crippen LogP contribution is -2.24. The van der Waals surface area contributed by atoms with E-state index >= 15 is 0 Å². The standard InChI is InChI=1S/C18H19BrN2O3/c1-11-4-12(2)6-16(5-11)24-10-17(22)21-20-9-14-8-15(19)7-13(3)18(14)23/h4-9,23H,10H2,1-3H3,(H,21,22)/b20-9+. The maximum atomic E-state index is 11.8. The summed E-state index contributed by atoms with van der Waals surface area (Å²) in [6, 6.07) is 9.27. The summed E-state index contributed by atoms with van der Waals surface area (Å²) < 4.78 is 6.27. The zero-order valence-electron chi connectivity index (χ0n) is 13.8. The minimum Gasteiger partial charge on any atom is -0.507 e. The molecule has 24 heavy (non-hydrogen) atoms. The molecule has 0 bridgehead atoms. The van der Waals surface area contributed by atoms with Gasteiger partial charge in [-0.25, -0.2) is 5.43 Å². The molecular weight excluding hydrogens is 372 g/mol. The molecule has 2 aromatic carbocycles. The van der Waals surface area contributed by atoms with Crippen LogP contribution in [0.2, 0.25) is 0 Å². The van der Waals surface area contributed by atoms with Crippen molar-refractivity contribution in [2.75, 3.05) is 6.61 Å². The second-order valence-corrected chi connectivity index (χ2v) is 6.48. The first-order chi connectivity index (χ1) is 11.3. The number of phenolic OH excluding ortho intramolecular Hbond substituents is 1. The van der Waals surface area contributed by atoms with Crippen LogP contribution in [0.4, 0.5) is 0 Å². The normalized spacial score (nSPS) is 10.8. The molecule has 0 heterocycles. The Morgan fingerprint density at radius 2 is 1.88 bits per heavy atom. The number of hydrazone groups is 1. The number of carbonyl (C=O) groups excluding carboxylic acids is 1. The van der Waals surface area contributed by atoms with Crippen molar-refractivity contribution in [3.05, 3.63) is 57.1 Å². The van der Waals surface area contributed by atoms with Crippen molar-refractivity contribution in [3.63, 3.8) is 0 Å². The highest BCUT2D eigenvalue weighted by Crippen LogP contribution is 2.25. The average Bonchev–Trinajstić information content (AvgIpc) is 2.49. The molecule has 2 aromatic rings. The number of halogens is 1. The first-order valence-electron chi connectivity index (χ1n) is 7.37. The smallest absolute Gasteiger partial charge is 0.277 e. The molecule has 0 saturated heterocycles. The van der Waals surface area contributed by atoms with Crippen molar-refractivity contribution in [2.45, 2.75) is 20.8 Å². The van der Waals surface area contributed by atoms with Crippen LogP contribution in [0, 0.1) is 20.8 Å². The largest absolute Gasteiger partial charge is 0.507 e. The van der Waals surface area contributed by atoms with Gasteiger partial charge in [0.2, 0.25) is 0 Å². The fourth-order valence-electron chi connectivity index (χ4n) is 2.23. The lowest BCUT2D eigenvalue weighted by molar-refractivity contribution is -0.123. The molecule has 5 nitrogen and oxygen atoms in total. The average molecular weight is 391 g/mol. The number of rotatable bonds is 5. The van der Waals surface area contributed by atoms with Gasteiger partial charge < -0.3 is 9.84 Å². The van der Waals surface area contributed by atoms with E-state index in [1.165, 1.54) is 6.21 Å². The maximum absolute atomic E-state index is 11.8. The molecule has 0 saturated carbocycles. The van der Waals surface area contributed by atoms with Crippen LogP contribution in [0.1, 0.15) is 22.3 Å². The van der Waals surface area contributed by atoms with Crippen LogP contribution in [0.25, 0.3) is 0 Å². The summed E-state index contributed by atoms with van der Waals surface area (Å²) in [6.07, 6.45) is 1.39. The van der Waals surface area contributed by atoms with Crippen molar-refractivity contribution < 1.29 is 14.6 Å². The highest BCUT2D eigenvalue weighted by atomic mass is 79.9. The van der Waals surface area contributed by atoms with Gasteiger partial charge in [0.15, 0.2) is 6.61 Å². The Morgan fingerprint density at radius 3 is 2.54 bits per heavy atom. The Kier molecular flexibility index (Phi) is 5.98. The van der Waals surface area contributed by atoms with Gasteiger partial charge in [0.1, 0.15) is 11.5 Å². The van der Waals surface area contributed by atoms with Gasteiger partial charge in [-0.05, 0) is 61.7 Å². The summed E-state index contributed by atoms with van der Waals surface area (Å²) in [5.41, 5.74) is 5.75. The van der Waals surface area contributed by atoms with E-state index in [2.05, 4.69) is 26.5 Å². The monoisotopic (exact) mass is 390 g/mol. The van der Waals surface area contributed by atoms with Crippen LogP contribution < -0.4 is 10.2 Å². The minimum absolute atomic E-state index is 0.127. The third-order valence-corrected chi connectivity index (χ3v) is 3.71. The van der Waals surface area contributed by atoms with Crippen molar-refractivity contribution in [1.82, 2.24) is 5.43 Å². The van der Waals surface area contributed by atoms with Gasteiger partial charge in [0.25, 0.3) is 5.91 Å². The Bertz CT molecular complexity index is 768. The molecule has 126 valence electrons. The molecule has 0 spiro atoms. The van der Waals surface area contributed by atoms with E-state index in [-0.39, 0.29) is 18.3 Å². The summed E-state index contributed by atoms with van der Waals surface area (Å²) in [5.74, 6) is 0.395.